The minimum Gasteiger partial charge on any atom is -0.480 e. The molecule has 1 aliphatic heterocycles. The highest BCUT2D eigenvalue weighted by atomic mass is 19.1. The summed E-state index contributed by atoms with van der Waals surface area (Å²) >= 11 is 0. The summed E-state index contributed by atoms with van der Waals surface area (Å²) in [5.74, 6) is -2.00. The van der Waals surface area contributed by atoms with Crippen LogP contribution in [0.25, 0.3) is 10.9 Å². The molecule has 28 heavy (non-hydrogen) atoms. The summed E-state index contributed by atoms with van der Waals surface area (Å²) in [4.78, 5) is 27.4. The Balaban J connectivity index is 1.54. The predicted octanol–water partition coefficient (Wildman–Crippen LogP) is 2.73. The number of amides is 1. The third-order valence-corrected chi connectivity index (χ3v) is 5.00. The fraction of sp³-hybridized carbons (Fsp3) is 0.238. The van der Waals surface area contributed by atoms with Gasteiger partial charge in [0, 0.05) is 23.5 Å². The Bertz CT molecular complexity index is 1050. The molecule has 1 aliphatic rings. The van der Waals surface area contributed by atoms with Crippen molar-refractivity contribution in [3.8, 4) is 0 Å². The average molecular weight is 382 g/mol. The zero-order valence-electron chi connectivity index (χ0n) is 14.9. The Hall–Kier alpha value is -3.19. The number of nitrogens with one attached hydrogen (secondary N) is 2. The molecular formula is C21H19FN2O4. The van der Waals surface area contributed by atoms with Gasteiger partial charge in [-0.05, 0) is 41.3 Å². The van der Waals surface area contributed by atoms with Gasteiger partial charge in [0.25, 0.3) is 5.91 Å². The molecule has 3 aromatic rings. The van der Waals surface area contributed by atoms with E-state index in [1.165, 1.54) is 12.1 Å². The number of carboxylic acid groups (broad SMARTS) is 1. The van der Waals surface area contributed by atoms with Gasteiger partial charge in [-0.1, -0.05) is 24.3 Å². The van der Waals surface area contributed by atoms with Gasteiger partial charge in [-0.15, -0.1) is 0 Å². The van der Waals surface area contributed by atoms with Gasteiger partial charge in [-0.2, -0.15) is 0 Å². The van der Waals surface area contributed by atoms with Gasteiger partial charge in [0.15, 0.2) is 6.10 Å². The van der Waals surface area contributed by atoms with E-state index in [0.29, 0.717) is 24.1 Å². The zero-order valence-corrected chi connectivity index (χ0v) is 14.9. The summed E-state index contributed by atoms with van der Waals surface area (Å²) in [5.41, 5.74) is 3.06. The number of aromatic nitrogens is 1. The molecule has 0 bridgehead atoms. The van der Waals surface area contributed by atoms with Crippen LogP contribution >= 0.6 is 0 Å². The topological polar surface area (TPSA) is 91.4 Å². The summed E-state index contributed by atoms with van der Waals surface area (Å²) in [5, 5.41) is 12.9. The second-order valence-electron chi connectivity index (χ2n) is 6.81. The molecule has 0 aliphatic carbocycles. The maximum Gasteiger partial charge on any atom is 0.326 e. The number of H-pyrrole nitrogens is 1. The molecule has 1 aromatic heterocycles. The summed E-state index contributed by atoms with van der Waals surface area (Å²) < 4.78 is 19.0. The first-order valence-corrected chi connectivity index (χ1v) is 9.01. The molecule has 1 amide bonds. The third-order valence-electron chi connectivity index (χ3n) is 5.00. The van der Waals surface area contributed by atoms with E-state index in [4.69, 9.17) is 4.74 Å². The molecule has 0 fully saturated rings. The van der Waals surface area contributed by atoms with Crippen LogP contribution in [0.3, 0.4) is 0 Å². The van der Waals surface area contributed by atoms with E-state index >= 15 is 0 Å². The number of fused-ring (bicyclic) bond motifs is 2. The van der Waals surface area contributed by atoms with Gasteiger partial charge in [-0.3, -0.25) is 4.79 Å². The van der Waals surface area contributed by atoms with Crippen LogP contribution in [0.2, 0.25) is 0 Å². The quantitative estimate of drug-likeness (QED) is 0.633. The van der Waals surface area contributed by atoms with Crippen molar-refractivity contribution in [2.45, 2.75) is 25.0 Å². The van der Waals surface area contributed by atoms with Crippen molar-refractivity contribution in [2.24, 2.45) is 0 Å². The SMILES string of the molecule is O=C(O)[C@H](Cc1c[nH]c2cc(F)ccc12)NC(=O)[C@@H]1OCCc2ccccc21. The number of carboxylic acids is 1. The van der Waals surface area contributed by atoms with E-state index in [-0.39, 0.29) is 12.2 Å². The lowest BCUT2D eigenvalue weighted by Crippen LogP contribution is -2.45. The van der Waals surface area contributed by atoms with Gasteiger partial charge in [0.05, 0.1) is 6.61 Å². The lowest BCUT2D eigenvalue weighted by atomic mass is 9.96. The number of carbonyl (C=O) groups excluding carboxylic acids is 1. The Morgan fingerprint density at radius 2 is 2.11 bits per heavy atom. The number of aliphatic carboxylic acids is 1. The summed E-state index contributed by atoms with van der Waals surface area (Å²) in [7, 11) is 0. The Morgan fingerprint density at radius 3 is 2.93 bits per heavy atom. The van der Waals surface area contributed by atoms with Gasteiger partial charge >= 0.3 is 5.97 Å². The first-order chi connectivity index (χ1) is 13.5. The van der Waals surface area contributed by atoms with Crippen molar-refractivity contribution in [1.29, 1.82) is 0 Å². The Labute approximate surface area is 160 Å². The fourth-order valence-electron chi connectivity index (χ4n) is 3.61. The van der Waals surface area contributed by atoms with Gasteiger partial charge in [0.1, 0.15) is 11.9 Å². The van der Waals surface area contributed by atoms with Crippen LogP contribution in [-0.4, -0.2) is 34.6 Å². The molecule has 4 rings (SSSR count). The largest absolute Gasteiger partial charge is 0.480 e. The van der Waals surface area contributed by atoms with E-state index in [1.54, 1.807) is 12.3 Å². The predicted molar refractivity (Wildman–Crippen MR) is 100 cm³/mol. The monoisotopic (exact) mass is 382 g/mol. The van der Waals surface area contributed by atoms with Crippen molar-refractivity contribution in [2.75, 3.05) is 6.61 Å². The molecule has 0 unspecified atom stereocenters. The van der Waals surface area contributed by atoms with Crippen LogP contribution in [0.1, 0.15) is 22.8 Å². The lowest BCUT2D eigenvalue weighted by Gasteiger charge is -2.26. The fourth-order valence-corrected chi connectivity index (χ4v) is 3.61. The maximum atomic E-state index is 13.4. The van der Waals surface area contributed by atoms with Crippen LogP contribution in [0, 0.1) is 5.82 Å². The number of halogens is 1. The summed E-state index contributed by atoms with van der Waals surface area (Å²) in [6.45, 7) is 0.404. The Morgan fingerprint density at radius 1 is 1.29 bits per heavy atom. The lowest BCUT2D eigenvalue weighted by molar-refractivity contribution is -0.144. The number of hydrogen-bond donors (Lipinski definition) is 3. The average Bonchev–Trinajstić information content (AvgIpc) is 3.08. The normalized spacial score (nSPS) is 17.1. The molecule has 6 nitrogen and oxygen atoms in total. The zero-order chi connectivity index (χ0) is 19.7. The van der Waals surface area contributed by atoms with E-state index < -0.39 is 24.0 Å². The molecule has 2 heterocycles. The number of aromatic amines is 1. The third kappa shape index (κ3) is 3.48. The highest BCUT2D eigenvalue weighted by molar-refractivity contribution is 5.89. The van der Waals surface area contributed by atoms with E-state index in [0.717, 1.165) is 16.5 Å². The van der Waals surface area contributed by atoms with Crippen LogP contribution < -0.4 is 5.32 Å². The van der Waals surface area contributed by atoms with Crippen LogP contribution in [0.4, 0.5) is 4.39 Å². The van der Waals surface area contributed by atoms with Crippen LogP contribution in [0.15, 0.2) is 48.7 Å². The smallest absolute Gasteiger partial charge is 0.326 e. The van der Waals surface area contributed by atoms with Crippen molar-refractivity contribution in [1.82, 2.24) is 10.3 Å². The van der Waals surface area contributed by atoms with E-state index in [2.05, 4.69) is 10.3 Å². The molecule has 0 saturated heterocycles. The van der Waals surface area contributed by atoms with Gasteiger partial charge in [-0.25, -0.2) is 9.18 Å². The van der Waals surface area contributed by atoms with Crippen molar-refractivity contribution >= 4 is 22.8 Å². The van der Waals surface area contributed by atoms with E-state index in [1.807, 2.05) is 24.3 Å². The van der Waals surface area contributed by atoms with E-state index in [9.17, 15) is 19.1 Å². The first kappa shape index (κ1) is 18.2. The molecule has 144 valence electrons. The second-order valence-corrected chi connectivity index (χ2v) is 6.81. The molecule has 0 radical (unpaired) electrons. The molecule has 7 heteroatoms. The van der Waals surface area contributed by atoms with Crippen LogP contribution in [0.5, 0.6) is 0 Å². The molecule has 2 aromatic carbocycles. The minimum absolute atomic E-state index is 0.0705. The number of benzene rings is 2. The molecular weight excluding hydrogens is 363 g/mol. The van der Waals surface area contributed by atoms with Gasteiger partial charge < -0.3 is 20.1 Å². The van der Waals surface area contributed by atoms with Crippen molar-refractivity contribution < 1.29 is 23.8 Å². The number of hydrogen-bond acceptors (Lipinski definition) is 3. The number of carbonyl (C=O) groups is 2. The van der Waals surface area contributed by atoms with Crippen molar-refractivity contribution in [3.63, 3.8) is 0 Å². The highest BCUT2D eigenvalue weighted by Gasteiger charge is 2.31. The summed E-state index contributed by atoms with van der Waals surface area (Å²) in [6, 6.07) is 10.6. The van der Waals surface area contributed by atoms with Crippen molar-refractivity contribution in [3.05, 3.63) is 71.2 Å². The first-order valence-electron chi connectivity index (χ1n) is 9.01. The summed E-state index contributed by atoms with van der Waals surface area (Å²) in [6.07, 6.45) is 1.59. The van der Waals surface area contributed by atoms with Gasteiger partial charge in [0.2, 0.25) is 0 Å². The second kappa shape index (κ2) is 7.44. The molecule has 0 spiro atoms. The number of ether oxygens (including phenoxy) is 1. The standard InChI is InChI=1S/C21H19FN2O4/c22-14-5-6-15-13(11-23-17(15)10-14)9-18(21(26)27)24-20(25)19-16-4-2-1-3-12(16)7-8-28-19/h1-6,10-11,18-19,23H,7-9H2,(H,24,25)(H,26,27)/t18-,19+/m0/s1. The molecule has 0 saturated carbocycles. The highest BCUT2D eigenvalue weighted by Crippen LogP contribution is 2.27. The number of rotatable bonds is 5. The maximum absolute atomic E-state index is 13.4. The minimum atomic E-state index is -1.14. The molecule has 2 atom stereocenters. The molecule has 3 N–H and O–H groups in total. The Kier molecular flexibility index (Phi) is 4.83. The van der Waals surface area contributed by atoms with Crippen LogP contribution in [-0.2, 0) is 27.2 Å².